The molecule has 0 aromatic rings. The average Bonchev–Trinajstić information content (AvgIpc) is 1.82. The molecule has 0 saturated carbocycles. The van der Waals surface area contributed by atoms with Crippen molar-refractivity contribution in [3.8, 4) is 0 Å². The summed E-state index contributed by atoms with van der Waals surface area (Å²) in [6.45, 7) is 7.53. The maximum atomic E-state index is 9.10. The molecule has 0 aromatic carbocycles. The topological polar surface area (TPSA) is 20.2 Å². The van der Waals surface area contributed by atoms with Gasteiger partial charge >= 0.3 is 0 Å². The van der Waals surface area contributed by atoms with E-state index in [1.54, 1.807) is 0 Å². The van der Waals surface area contributed by atoms with E-state index in [4.69, 9.17) is 5.11 Å². The number of allylic oxidation sites excluding steroid dienone is 1. The van der Waals surface area contributed by atoms with Gasteiger partial charge in [-0.25, -0.2) is 0 Å². The van der Waals surface area contributed by atoms with E-state index in [2.05, 4.69) is 13.5 Å². The van der Waals surface area contributed by atoms with E-state index in [0.29, 0.717) is 5.92 Å². The molecule has 0 radical (unpaired) electrons. The molecule has 2 unspecified atom stereocenters. The summed E-state index contributed by atoms with van der Waals surface area (Å²) in [5, 5.41) is 9.10. The summed E-state index contributed by atoms with van der Waals surface area (Å²) < 4.78 is 0. The van der Waals surface area contributed by atoms with Crippen molar-refractivity contribution in [2.75, 3.05) is 0 Å². The molecular weight excluding hydrogens is 112 g/mol. The summed E-state index contributed by atoms with van der Waals surface area (Å²) in [7, 11) is 0. The lowest BCUT2D eigenvalue weighted by Gasteiger charge is -2.14. The average molecular weight is 128 g/mol. The van der Waals surface area contributed by atoms with Crippen molar-refractivity contribution in [2.24, 2.45) is 5.92 Å². The molecule has 0 saturated heterocycles. The van der Waals surface area contributed by atoms with Gasteiger partial charge in [0.15, 0.2) is 0 Å². The van der Waals surface area contributed by atoms with Gasteiger partial charge < -0.3 is 5.11 Å². The third-order valence-corrected chi connectivity index (χ3v) is 1.68. The zero-order chi connectivity index (χ0) is 7.28. The fourth-order valence-electron chi connectivity index (χ4n) is 0.919. The van der Waals surface area contributed by atoms with Crippen LogP contribution in [0.5, 0.6) is 0 Å². The highest BCUT2D eigenvalue weighted by molar-refractivity contribution is 4.74. The Kier molecular flexibility index (Phi) is 4.41. The summed E-state index contributed by atoms with van der Waals surface area (Å²) in [5.41, 5.74) is 0. The van der Waals surface area contributed by atoms with E-state index >= 15 is 0 Å². The highest BCUT2D eigenvalue weighted by atomic mass is 16.3. The molecule has 0 rings (SSSR count). The Bertz CT molecular complexity index is 76.6. The van der Waals surface area contributed by atoms with Crippen molar-refractivity contribution in [1.29, 1.82) is 0 Å². The molecule has 0 aliphatic heterocycles. The van der Waals surface area contributed by atoms with Gasteiger partial charge in [0.2, 0.25) is 0 Å². The molecule has 1 N–H and O–H groups in total. The second kappa shape index (κ2) is 4.57. The van der Waals surface area contributed by atoms with E-state index in [-0.39, 0.29) is 6.10 Å². The first-order valence-electron chi connectivity index (χ1n) is 3.51. The molecule has 0 aromatic heterocycles. The standard InChI is InChI=1S/C8H16O/c1-4-6-8(5-2)7(3)9/h4,7-9H,1,5-6H2,2-3H3. The Morgan fingerprint density at radius 1 is 1.67 bits per heavy atom. The van der Waals surface area contributed by atoms with Crippen LogP contribution >= 0.6 is 0 Å². The van der Waals surface area contributed by atoms with Gasteiger partial charge in [-0.3, -0.25) is 0 Å². The van der Waals surface area contributed by atoms with Gasteiger partial charge in [-0.2, -0.15) is 0 Å². The van der Waals surface area contributed by atoms with Crippen LogP contribution in [-0.4, -0.2) is 11.2 Å². The maximum Gasteiger partial charge on any atom is 0.0543 e. The smallest absolute Gasteiger partial charge is 0.0543 e. The van der Waals surface area contributed by atoms with Gasteiger partial charge in [-0.05, 0) is 19.3 Å². The lowest BCUT2D eigenvalue weighted by atomic mass is 9.97. The first-order valence-corrected chi connectivity index (χ1v) is 3.51. The van der Waals surface area contributed by atoms with Crippen LogP contribution in [0.25, 0.3) is 0 Å². The Morgan fingerprint density at radius 3 is 2.33 bits per heavy atom. The van der Waals surface area contributed by atoms with Crippen LogP contribution in [0.15, 0.2) is 12.7 Å². The van der Waals surface area contributed by atoms with E-state index in [0.717, 1.165) is 12.8 Å². The minimum absolute atomic E-state index is 0.187. The Labute approximate surface area is 57.4 Å². The summed E-state index contributed by atoms with van der Waals surface area (Å²) in [5.74, 6) is 0.405. The molecular formula is C8H16O. The zero-order valence-corrected chi connectivity index (χ0v) is 6.30. The van der Waals surface area contributed by atoms with Crippen molar-refractivity contribution in [2.45, 2.75) is 32.8 Å². The number of rotatable bonds is 4. The van der Waals surface area contributed by atoms with E-state index in [1.807, 2.05) is 13.0 Å². The SMILES string of the molecule is C=CCC(CC)C(C)O. The number of hydrogen-bond acceptors (Lipinski definition) is 1. The van der Waals surface area contributed by atoms with Crippen molar-refractivity contribution in [1.82, 2.24) is 0 Å². The van der Waals surface area contributed by atoms with Crippen LogP contribution in [0, 0.1) is 5.92 Å². The van der Waals surface area contributed by atoms with Gasteiger partial charge in [-0.1, -0.05) is 19.4 Å². The maximum absolute atomic E-state index is 9.10. The molecule has 1 heteroatoms. The second-order valence-corrected chi connectivity index (χ2v) is 2.43. The summed E-state index contributed by atoms with van der Waals surface area (Å²) >= 11 is 0. The highest BCUT2D eigenvalue weighted by Crippen LogP contribution is 2.12. The van der Waals surface area contributed by atoms with Gasteiger partial charge in [0.05, 0.1) is 6.10 Å². The van der Waals surface area contributed by atoms with Crippen molar-refractivity contribution in [3.63, 3.8) is 0 Å². The third kappa shape index (κ3) is 3.31. The van der Waals surface area contributed by atoms with Crippen LogP contribution in [0.3, 0.4) is 0 Å². The normalized spacial score (nSPS) is 16.8. The summed E-state index contributed by atoms with van der Waals surface area (Å²) in [6.07, 6.45) is 3.63. The molecule has 1 nitrogen and oxygen atoms in total. The van der Waals surface area contributed by atoms with Gasteiger partial charge in [-0.15, -0.1) is 6.58 Å². The fraction of sp³-hybridized carbons (Fsp3) is 0.750. The van der Waals surface area contributed by atoms with Crippen molar-refractivity contribution < 1.29 is 5.11 Å². The lowest BCUT2D eigenvalue weighted by Crippen LogP contribution is -2.14. The molecule has 9 heavy (non-hydrogen) atoms. The molecule has 0 fully saturated rings. The van der Waals surface area contributed by atoms with Crippen LogP contribution in [0.1, 0.15) is 26.7 Å². The van der Waals surface area contributed by atoms with Crippen LogP contribution < -0.4 is 0 Å². The Balaban J connectivity index is 3.53. The van der Waals surface area contributed by atoms with Crippen LogP contribution in [-0.2, 0) is 0 Å². The van der Waals surface area contributed by atoms with Crippen LogP contribution in [0.4, 0.5) is 0 Å². The molecule has 0 spiro atoms. The van der Waals surface area contributed by atoms with E-state index in [9.17, 15) is 0 Å². The number of aliphatic hydroxyl groups excluding tert-OH is 1. The fourth-order valence-corrected chi connectivity index (χ4v) is 0.919. The summed E-state index contributed by atoms with van der Waals surface area (Å²) in [6, 6.07) is 0. The second-order valence-electron chi connectivity index (χ2n) is 2.43. The number of aliphatic hydroxyl groups is 1. The predicted octanol–water partition coefficient (Wildman–Crippen LogP) is 1.97. The molecule has 2 atom stereocenters. The Hall–Kier alpha value is -0.300. The lowest BCUT2D eigenvalue weighted by molar-refractivity contribution is 0.124. The van der Waals surface area contributed by atoms with E-state index < -0.39 is 0 Å². The molecule has 0 bridgehead atoms. The van der Waals surface area contributed by atoms with Crippen LogP contribution in [0.2, 0.25) is 0 Å². The van der Waals surface area contributed by atoms with Crippen molar-refractivity contribution >= 4 is 0 Å². The first-order chi connectivity index (χ1) is 4.22. The molecule has 54 valence electrons. The molecule has 0 aliphatic rings. The largest absolute Gasteiger partial charge is 0.393 e. The minimum Gasteiger partial charge on any atom is -0.393 e. The third-order valence-electron chi connectivity index (χ3n) is 1.68. The molecule has 0 heterocycles. The first kappa shape index (κ1) is 8.70. The van der Waals surface area contributed by atoms with Gasteiger partial charge in [0.1, 0.15) is 0 Å². The van der Waals surface area contributed by atoms with E-state index in [1.165, 1.54) is 0 Å². The molecule has 0 amide bonds. The summed E-state index contributed by atoms with van der Waals surface area (Å²) in [4.78, 5) is 0. The van der Waals surface area contributed by atoms with Gasteiger partial charge in [0.25, 0.3) is 0 Å². The number of hydrogen-bond donors (Lipinski definition) is 1. The zero-order valence-electron chi connectivity index (χ0n) is 6.30. The highest BCUT2D eigenvalue weighted by Gasteiger charge is 2.09. The predicted molar refractivity (Wildman–Crippen MR) is 40.3 cm³/mol. The quantitative estimate of drug-likeness (QED) is 0.574. The monoisotopic (exact) mass is 128 g/mol. The molecule has 0 aliphatic carbocycles. The van der Waals surface area contributed by atoms with Crippen molar-refractivity contribution in [3.05, 3.63) is 12.7 Å². The minimum atomic E-state index is -0.187. The van der Waals surface area contributed by atoms with Gasteiger partial charge in [0, 0.05) is 0 Å². The Morgan fingerprint density at radius 2 is 2.22 bits per heavy atom.